The quantitative estimate of drug-likeness (QED) is 0.0446. The molecule has 0 bridgehead atoms. The first kappa shape index (κ1) is 55.8. The molecule has 0 fully saturated rings. The number of aromatic hydroxyl groups is 1. The standard InChI is InChI=1S/C44H67N9O10S2/c1-26(2)22-35(43(62)50-33(18-21-65-4)41(60)51-34(38(47)57)25-37(55)56)52-40(59)31(12-8-9-19-45)49-44(63)36(24-27-10-6-5-7-11-27)53-42(61)32(17-20-64-3)48-39(58)30(46)23-28-13-15-29(54)16-14-28/h5-7,10-11,13-16,26,30-36,54H,8-9,12,17-25,45-46H2,1-4H3,(H2,47,57)(H,48,58)(H,49,63)(H,50,62)(H,51,60)(H,52,59)(H,53,61)(H,55,56)/t30-,31-,32+,33-,34-,35-,36-/m0/s1. The number of nitrogens with one attached hydrogen (secondary N) is 6. The highest BCUT2D eigenvalue weighted by Gasteiger charge is 2.34. The van der Waals surface area contributed by atoms with E-state index < -0.39 is 96.0 Å². The van der Waals surface area contributed by atoms with Gasteiger partial charge in [-0.2, -0.15) is 23.5 Å². The first-order valence-electron chi connectivity index (χ1n) is 21.5. The van der Waals surface area contributed by atoms with Crippen LogP contribution in [0.15, 0.2) is 54.6 Å². The number of carbonyl (C=O) groups is 8. The van der Waals surface area contributed by atoms with Gasteiger partial charge in [0.2, 0.25) is 41.4 Å². The van der Waals surface area contributed by atoms with E-state index in [4.69, 9.17) is 17.2 Å². The Labute approximate surface area is 389 Å². The Morgan fingerprint density at radius 1 is 0.585 bits per heavy atom. The molecule has 21 heteroatoms. The third-order valence-corrected chi connectivity index (χ3v) is 11.4. The van der Waals surface area contributed by atoms with E-state index in [2.05, 4.69) is 31.9 Å². The summed E-state index contributed by atoms with van der Waals surface area (Å²) in [6.45, 7) is 3.95. The normalized spacial score (nSPS) is 14.3. The van der Waals surface area contributed by atoms with Gasteiger partial charge < -0.3 is 59.3 Å². The number of phenols is 1. The fourth-order valence-electron chi connectivity index (χ4n) is 6.55. The average molecular weight is 946 g/mol. The summed E-state index contributed by atoms with van der Waals surface area (Å²) in [5.41, 5.74) is 18.7. The van der Waals surface area contributed by atoms with Gasteiger partial charge in [-0.1, -0.05) is 56.3 Å². The number of hydrogen-bond donors (Lipinski definition) is 11. The second-order valence-electron chi connectivity index (χ2n) is 16.0. The summed E-state index contributed by atoms with van der Waals surface area (Å²) in [5, 5.41) is 34.8. The zero-order chi connectivity index (χ0) is 48.5. The number of amides is 7. The molecule has 2 aromatic carbocycles. The predicted octanol–water partition coefficient (Wildman–Crippen LogP) is 0.0548. The van der Waals surface area contributed by atoms with Crippen LogP contribution in [-0.4, -0.2) is 130 Å². The van der Waals surface area contributed by atoms with Gasteiger partial charge in [-0.05, 0) is 105 Å². The molecule has 7 amide bonds. The van der Waals surface area contributed by atoms with E-state index in [1.165, 1.54) is 35.7 Å². The third-order valence-electron chi connectivity index (χ3n) is 10.1. The van der Waals surface area contributed by atoms with Crippen molar-refractivity contribution in [3.8, 4) is 5.75 Å². The van der Waals surface area contributed by atoms with Crippen LogP contribution in [-0.2, 0) is 51.2 Å². The minimum absolute atomic E-state index is 0.0140. The number of nitrogens with two attached hydrogens (primary N) is 3. The molecule has 0 aliphatic rings. The van der Waals surface area contributed by atoms with Crippen LogP contribution in [0.2, 0.25) is 0 Å². The number of hydrogen-bond acceptors (Lipinski definition) is 13. The summed E-state index contributed by atoms with van der Waals surface area (Å²) in [5.74, 6) is -5.88. The van der Waals surface area contributed by atoms with Gasteiger partial charge in [0.25, 0.3) is 0 Å². The van der Waals surface area contributed by atoms with Crippen molar-refractivity contribution in [1.29, 1.82) is 0 Å². The van der Waals surface area contributed by atoms with Crippen molar-refractivity contribution >= 4 is 70.8 Å². The van der Waals surface area contributed by atoms with Crippen molar-refractivity contribution in [3.05, 3.63) is 65.7 Å². The molecule has 19 nitrogen and oxygen atoms in total. The zero-order valence-corrected chi connectivity index (χ0v) is 39.1. The number of carboxylic acids is 1. The highest BCUT2D eigenvalue weighted by atomic mass is 32.2. The molecule has 0 radical (unpaired) electrons. The molecule has 0 aliphatic heterocycles. The predicted molar refractivity (Wildman–Crippen MR) is 251 cm³/mol. The Balaban J connectivity index is 2.39. The fourth-order valence-corrected chi connectivity index (χ4v) is 7.49. The van der Waals surface area contributed by atoms with E-state index in [1.807, 2.05) is 20.1 Å². The van der Waals surface area contributed by atoms with Crippen molar-refractivity contribution in [2.24, 2.45) is 23.1 Å². The number of phenolic OH excluding ortho intramolecular Hbond substituents is 1. The van der Waals surface area contributed by atoms with E-state index in [0.717, 1.165) is 0 Å². The number of aliphatic carboxylic acids is 1. The number of carbonyl (C=O) groups excluding carboxylic acids is 7. The summed E-state index contributed by atoms with van der Waals surface area (Å²) >= 11 is 2.83. The molecular weight excluding hydrogens is 879 g/mol. The van der Waals surface area contributed by atoms with Crippen molar-refractivity contribution < 1.29 is 48.6 Å². The molecule has 2 rings (SSSR count). The van der Waals surface area contributed by atoms with Crippen LogP contribution in [0.25, 0.3) is 0 Å². The lowest BCUT2D eigenvalue weighted by Gasteiger charge is -2.28. The average Bonchev–Trinajstić information content (AvgIpc) is 3.25. The van der Waals surface area contributed by atoms with Crippen molar-refractivity contribution in [3.63, 3.8) is 0 Å². The molecule has 0 spiro atoms. The molecule has 2 aromatic rings. The lowest BCUT2D eigenvalue weighted by Crippen LogP contribution is -2.60. The van der Waals surface area contributed by atoms with Crippen LogP contribution in [0.3, 0.4) is 0 Å². The van der Waals surface area contributed by atoms with Crippen LogP contribution in [0, 0.1) is 5.92 Å². The van der Waals surface area contributed by atoms with Crippen LogP contribution in [0.1, 0.15) is 69.9 Å². The van der Waals surface area contributed by atoms with E-state index in [-0.39, 0.29) is 50.2 Å². The Morgan fingerprint density at radius 2 is 1.03 bits per heavy atom. The van der Waals surface area contributed by atoms with Crippen molar-refractivity contribution in [2.45, 2.75) is 114 Å². The molecule has 14 N–H and O–H groups in total. The van der Waals surface area contributed by atoms with Gasteiger partial charge in [-0.25, -0.2) is 0 Å². The first-order chi connectivity index (χ1) is 30.9. The van der Waals surface area contributed by atoms with Gasteiger partial charge >= 0.3 is 5.97 Å². The molecular formula is C44H67N9O10S2. The number of unbranched alkanes of at least 4 members (excludes halogenated alkanes) is 1. The fraction of sp³-hybridized carbons (Fsp3) is 0.545. The second kappa shape index (κ2) is 29.9. The van der Waals surface area contributed by atoms with E-state index in [1.54, 1.807) is 48.7 Å². The van der Waals surface area contributed by atoms with Gasteiger partial charge in [-0.3, -0.25) is 38.4 Å². The second-order valence-corrected chi connectivity index (χ2v) is 18.0. The van der Waals surface area contributed by atoms with Crippen LogP contribution in [0.5, 0.6) is 5.75 Å². The molecule has 0 saturated carbocycles. The Bertz CT molecular complexity index is 1860. The highest BCUT2D eigenvalue weighted by Crippen LogP contribution is 2.14. The van der Waals surface area contributed by atoms with E-state index in [9.17, 15) is 48.6 Å². The van der Waals surface area contributed by atoms with Crippen molar-refractivity contribution in [1.82, 2.24) is 31.9 Å². The number of thioether (sulfide) groups is 2. The lowest BCUT2D eigenvalue weighted by atomic mass is 10.0. The zero-order valence-electron chi connectivity index (χ0n) is 37.5. The molecule has 0 saturated heterocycles. The Kier molecular flexibility index (Phi) is 25.7. The molecule has 0 heterocycles. The molecule has 7 atom stereocenters. The van der Waals surface area contributed by atoms with Crippen LogP contribution in [0.4, 0.5) is 0 Å². The van der Waals surface area contributed by atoms with Gasteiger partial charge in [0.05, 0.1) is 12.5 Å². The summed E-state index contributed by atoms with van der Waals surface area (Å²) < 4.78 is 0. The minimum Gasteiger partial charge on any atom is -0.508 e. The maximum atomic E-state index is 14.3. The summed E-state index contributed by atoms with van der Waals surface area (Å²) in [6.07, 6.45) is 4.46. The summed E-state index contributed by atoms with van der Waals surface area (Å²) in [4.78, 5) is 106. The van der Waals surface area contributed by atoms with Gasteiger partial charge in [0.1, 0.15) is 42.0 Å². The summed E-state index contributed by atoms with van der Waals surface area (Å²) in [6, 6.07) is 6.61. The van der Waals surface area contributed by atoms with Crippen LogP contribution >= 0.6 is 23.5 Å². The number of benzene rings is 2. The number of carboxylic acid groups (broad SMARTS) is 1. The van der Waals surface area contributed by atoms with Crippen LogP contribution < -0.4 is 49.1 Å². The topological polar surface area (TPSA) is 327 Å². The number of primary amides is 1. The summed E-state index contributed by atoms with van der Waals surface area (Å²) in [7, 11) is 0. The molecule has 360 valence electrons. The van der Waals surface area contributed by atoms with Gasteiger partial charge in [0, 0.05) is 6.42 Å². The lowest BCUT2D eigenvalue weighted by molar-refractivity contribution is -0.140. The van der Waals surface area contributed by atoms with Gasteiger partial charge in [-0.15, -0.1) is 0 Å². The SMILES string of the molecule is CSCC[C@H](NC(=O)[C@H](CC(C)C)NC(=O)[C@H](CCCCN)NC(=O)[C@H](Cc1ccccc1)NC(=O)[C@@H](CCSC)NC(=O)[C@@H](N)Cc1ccc(O)cc1)C(=O)N[C@@H](CC(=O)O)C(N)=O. The molecule has 65 heavy (non-hydrogen) atoms. The van der Waals surface area contributed by atoms with E-state index >= 15 is 0 Å². The Hall–Kier alpha value is -5.38. The van der Waals surface area contributed by atoms with E-state index in [0.29, 0.717) is 42.0 Å². The first-order valence-corrected chi connectivity index (χ1v) is 24.3. The Morgan fingerprint density at radius 3 is 1.52 bits per heavy atom. The smallest absolute Gasteiger partial charge is 0.305 e. The highest BCUT2D eigenvalue weighted by molar-refractivity contribution is 7.98. The minimum atomic E-state index is -1.53. The molecule has 0 unspecified atom stereocenters. The molecule has 0 aromatic heterocycles. The van der Waals surface area contributed by atoms with Gasteiger partial charge in [0.15, 0.2) is 0 Å². The third kappa shape index (κ3) is 21.4. The maximum Gasteiger partial charge on any atom is 0.305 e. The largest absolute Gasteiger partial charge is 0.508 e. The monoisotopic (exact) mass is 945 g/mol. The molecule has 0 aliphatic carbocycles. The number of rotatable bonds is 31. The van der Waals surface area contributed by atoms with Crippen molar-refractivity contribution in [2.75, 3.05) is 30.6 Å². The maximum absolute atomic E-state index is 14.3.